The summed E-state index contributed by atoms with van der Waals surface area (Å²) in [4.78, 5) is 45.0. The average molecular weight is 1250 g/mol. The molecule has 3 aromatic carbocycles. The van der Waals surface area contributed by atoms with Crippen molar-refractivity contribution in [2.24, 2.45) is 23.7 Å². The van der Waals surface area contributed by atoms with Gasteiger partial charge in [0.2, 0.25) is 0 Å². The van der Waals surface area contributed by atoms with Crippen LogP contribution in [0.1, 0.15) is 180 Å². The Morgan fingerprint density at radius 2 is 0.556 bits per heavy atom. The molecule has 8 N–H and O–H groups in total. The van der Waals surface area contributed by atoms with Crippen LogP contribution in [0.5, 0.6) is 23.0 Å². The number of aliphatic carboxylic acids is 4. The summed E-state index contributed by atoms with van der Waals surface area (Å²) < 4.78 is 25.5. The minimum atomic E-state index is -0.833. The molecule has 498 valence electrons. The van der Waals surface area contributed by atoms with Gasteiger partial charge in [0.05, 0.1) is 49.8 Å². The van der Waals surface area contributed by atoms with Crippen molar-refractivity contribution in [2.45, 2.75) is 158 Å². The Morgan fingerprint density at radius 3 is 0.733 bits per heavy atom. The molecule has 90 heavy (non-hydrogen) atoms. The Balaban J connectivity index is 0.00000118. The lowest BCUT2D eigenvalue weighted by Crippen LogP contribution is -2.34. The quantitative estimate of drug-likeness (QED) is 0.0116. The van der Waals surface area contributed by atoms with E-state index in [0.29, 0.717) is 50.1 Å². The molecular formula is C70H106N8O12. The van der Waals surface area contributed by atoms with Crippen molar-refractivity contribution < 1.29 is 58.6 Å². The molecule has 0 spiro atoms. The van der Waals surface area contributed by atoms with Crippen LogP contribution in [-0.4, -0.2) is 166 Å². The number of rotatable bonds is 36. The van der Waals surface area contributed by atoms with Crippen LogP contribution in [0.4, 0.5) is 0 Å². The molecule has 4 aliphatic carbocycles. The lowest BCUT2D eigenvalue weighted by molar-refractivity contribution is -0.135. The predicted octanol–water partition coefficient (Wildman–Crippen LogP) is 13.9. The fourth-order valence-electron chi connectivity index (χ4n) is 9.55. The normalized spacial score (nSPS) is 13.7. The van der Waals surface area contributed by atoms with Crippen LogP contribution in [0.2, 0.25) is 0 Å². The molecule has 0 aromatic heterocycles. The maximum absolute atomic E-state index is 9.00. The molecule has 4 saturated carbocycles. The van der Waals surface area contributed by atoms with E-state index >= 15 is 0 Å². The minimum absolute atomic E-state index is 0.444. The highest BCUT2D eigenvalue weighted by Crippen LogP contribution is 2.34. The van der Waals surface area contributed by atoms with Crippen molar-refractivity contribution in [1.82, 2.24) is 19.6 Å². The summed E-state index contributed by atoms with van der Waals surface area (Å²) in [7, 11) is 0. The first-order chi connectivity index (χ1) is 43.1. The Hall–Kier alpha value is -7.90. The van der Waals surface area contributed by atoms with Crippen LogP contribution in [0.3, 0.4) is 0 Å². The molecule has 0 heterocycles. The zero-order valence-corrected chi connectivity index (χ0v) is 55.0. The number of carbonyl (C=O) groups is 4. The summed E-state index contributed by atoms with van der Waals surface area (Å²) >= 11 is 0. The van der Waals surface area contributed by atoms with Gasteiger partial charge in [-0.2, -0.15) is 0 Å². The number of amidine groups is 4. The summed E-state index contributed by atoms with van der Waals surface area (Å²) in [5.74, 6) is 4.74. The molecule has 20 heteroatoms. The van der Waals surface area contributed by atoms with Gasteiger partial charge in [-0.1, -0.05) is 76.3 Å². The lowest BCUT2D eigenvalue weighted by Gasteiger charge is -2.25. The Labute approximate surface area is 535 Å². The van der Waals surface area contributed by atoms with Crippen molar-refractivity contribution >= 4 is 71.5 Å². The Bertz CT molecular complexity index is 2410. The number of ether oxygens (including phenoxy) is 4. The molecule has 7 rings (SSSR count). The topological polar surface area (TPSA) is 294 Å². The van der Waals surface area contributed by atoms with E-state index in [1.165, 1.54) is 0 Å². The first kappa shape index (κ1) is 76.3. The molecule has 4 aliphatic rings. The molecule has 3 aromatic rings. The SMILES string of the molecule is CC(=O)O.CC(=O)O.CC(=O)O.CC(=O)O.CCCN(CCCOc1cc(/C=C/c2ccc(/C=C/c3cc(OCCCN(CCC)C(=N)C4CC4)cc(OCCCN(CCC)C(=N)C4CC4)c3)cc2)cc(OCCCN(CCC)C(=N)C2CC2)c1)C(=N)C1CC1. The van der Waals surface area contributed by atoms with Crippen molar-refractivity contribution in [1.29, 1.82) is 21.6 Å². The smallest absolute Gasteiger partial charge is 0.300 e. The third-order valence-corrected chi connectivity index (χ3v) is 14.2. The summed E-state index contributed by atoms with van der Waals surface area (Å²) in [6, 6.07) is 20.9. The number of hydrogen-bond acceptors (Lipinski definition) is 12. The highest BCUT2D eigenvalue weighted by atomic mass is 16.5. The van der Waals surface area contributed by atoms with Crippen LogP contribution in [0.15, 0.2) is 60.7 Å². The van der Waals surface area contributed by atoms with Gasteiger partial charge in [0.15, 0.2) is 0 Å². The first-order valence-corrected chi connectivity index (χ1v) is 32.5. The fraction of sp³-hybridized carbons (Fsp3) is 0.571. The van der Waals surface area contributed by atoms with E-state index in [9.17, 15) is 0 Å². The van der Waals surface area contributed by atoms with Crippen LogP contribution >= 0.6 is 0 Å². The van der Waals surface area contributed by atoms with E-state index in [2.05, 4.69) is 120 Å². The van der Waals surface area contributed by atoms with Crippen molar-refractivity contribution in [3.8, 4) is 23.0 Å². The van der Waals surface area contributed by atoms with Crippen LogP contribution in [0, 0.1) is 45.3 Å². The minimum Gasteiger partial charge on any atom is -0.493 e. The average Bonchev–Trinajstić information content (AvgIpc) is 3.84. The molecule has 0 atom stereocenters. The van der Waals surface area contributed by atoms with Gasteiger partial charge in [0.25, 0.3) is 23.9 Å². The highest BCUT2D eigenvalue weighted by Gasteiger charge is 2.32. The summed E-state index contributed by atoms with van der Waals surface area (Å²) in [6.45, 7) is 22.3. The summed E-state index contributed by atoms with van der Waals surface area (Å²) in [5, 5.41) is 64.2. The van der Waals surface area contributed by atoms with Crippen LogP contribution in [0.25, 0.3) is 24.3 Å². The van der Waals surface area contributed by atoms with Gasteiger partial charge in [0, 0.05) is 116 Å². The fourth-order valence-corrected chi connectivity index (χ4v) is 9.55. The van der Waals surface area contributed by atoms with Gasteiger partial charge in [-0.3, -0.25) is 40.8 Å². The maximum atomic E-state index is 9.00. The summed E-state index contributed by atoms with van der Waals surface area (Å²) in [5.41, 5.74) is 4.17. The van der Waals surface area contributed by atoms with Crippen molar-refractivity contribution in [2.75, 3.05) is 78.8 Å². The maximum Gasteiger partial charge on any atom is 0.300 e. The molecule has 0 unspecified atom stereocenters. The van der Waals surface area contributed by atoms with Crippen molar-refractivity contribution in [3.05, 3.63) is 82.9 Å². The van der Waals surface area contributed by atoms with E-state index in [1.807, 2.05) is 12.1 Å². The molecular weight excluding hydrogens is 1140 g/mol. The largest absolute Gasteiger partial charge is 0.493 e. The van der Waals surface area contributed by atoms with Gasteiger partial charge in [-0.25, -0.2) is 0 Å². The third-order valence-electron chi connectivity index (χ3n) is 14.2. The zero-order chi connectivity index (χ0) is 66.4. The molecule has 0 radical (unpaired) electrons. The number of nitrogens with one attached hydrogen (secondary N) is 4. The Morgan fingerprint density at radius 1 is 0.367 bits per heavy atom. The highest BCUT2D eigenvalue weighted by molar-refractivity contribution is 5.85. The van der Waals surface area contributed by atoms with E-state index < -0.39 is 23.9 Å². The van der Waals surface area contributed by atoms with Gasteiger partial charge in [-0.05, 0) is 149 Å². The van der Waals surface area contributed by atoms with Crippen LogP contribution < -0.4 is 18.9 Å². The number of benzene rings is 3. The summed E-state index contributed by atoms with van der Waals surface area (Å²) in [6.07, 6.45) is 25.2. The first-order valence-electron chi connectivity index (χ1n) is 32.5. The van der Waals surface area contributed by atoms with Gasteiger partial charge in [-0.15, -0.1) is 0 Å². The number of carboxylic acids is 4. The lowest BCUT2D eigenvalue weighted by atomic mass is 10.1. The van der Waals surface area contributed by atoms with Crippen LogP contribution in [-0.2, 0) is 19.2 Å². The van der Waals surface area contributed by atoms with E-state index in [0.717, 1.165) is 251 Å². The van der Waals surface area contributed by atoms with E-state index in [4.69, 9.17) is 80.2 Å². The number of carboxylic acid groups (broad SMARTS) is 4. The molecule has 0 amide bonds. The molecule has 4 fully saturated rings. The molecule has 0 bridgehead atoms. The third kappa shape index (κ3) is 34.7. The Kier molecular flexibility index (Phi) is 36.4. The van der Waals surface area contributed by atoms with Gasteiger partial charge in [0.1, 0.15) is 23.0 Å². The predicted molar refractivity (Wildman–Crippen MR) is 360 cm³/mol. The standard InChI is InChI=1S/C62H90N8O4.4C2H4O2/c1-5-29-67(59(63)51-21-22-51)33-9-37-71-55-41-49(42-56(45-55)72-38-10-34-68(30-6-2)60(64)52-23-24-52)19-17-47-13-15-48(16-14-47)18-20-50-43-57(73-39-11-35-69(31-7-3)61(65)53-25-26-53)46-58(44-50)74-40-12-36-70(32-8-4)62(66)54-27-28-54;4*1-2(3)4/h13-20,41-46,51-54,63-66H,5-12,21-40H2,1-4H3;4*1H3,(H,3,4)/b19-17+,20-18+,63-59?,64-60?,65-61?,66-62?;;;;. The second kappa shape index (κ2) is 42.9. The molecule has 0 aliphatic heterocycles. The number of hydrogen-bond donors (Lipinski definition) is 8. The van der Waals surface area contributed by atoms with Gasteiger partial charge < -0.3 is 59.0 Å². The molecule has 0 saturated heterocycles. The monoisotopic (exact) mass is 1250 g/mol. The van der Waals surface area contributed by atoms with Gasteiger partial charge >= 0.3 is 0 Å². The zero-order valence-electron chi connectivity index (χ0n) is 55.0. The molecule has 20 nitrogen and oxygen atoms in total. The number of nitrogens with zero attached hydrogens (tertiary/aromatic N) is 4. The van der Waals surface area contributed by atoms with Crippen molar-refractivity contribution in [3.63, 3.8) is 0 Å². The van der Waals surface area contributed by atoms with E-state index in [1.54, 1.807) is 0 Å². The second-order valence-corrected chi connectivity index (χ2v) is 23.3. The second-order valence-electron chi connectivity index (χ2n) is 23.3. The van der Waals surface area contributed by atoms with E-state index in [-0.39, 0.29) is 0 Å².